The van der Waals surface area contributed by atoms with Gasteiger partial charge in [-0.25, -0.2) is 0 Å². The van der Waals surface area contributed by atoms with Gasteiger partial charge >= 0.3 is 0 Å². The lowest BCUT2D eigenvalue weighted by Gasteiger charge is -1.88. The largest absolute Gasteiger partial charge is 0.508 e. The molecule has 0 spiro atoms. The van der Waals surface area contributed by atoms with Crippen molar-refractivity contribution in [1.82, 2.24) is 9.78 Å². The molecule has 1 aromatic heterocycles. The number of hydrogen-bond acceptors (Lipinski definition) is 2. The molecule has 4 heteroatoms. The molecule has 0 aliphatic carbocycles. The van der Waals surface area contributed by atoms with Crippen molar-refractivity contribution >= 4 is 10.9 Å². The number of aromatic hydroxyl groups is 1. The maximum atomic E-state index is 11.3. The van der Waals surface area contributed by atoms with Crippen LogP contribution in [0.3, 0.4) is 0 Å². The molecule has 2 aromatic rings. The SMILES string of the molecule is Cn1[nH]c2cc(O)ccc2c1=O. The van der Waals surface area contributed by atoms with Crippen LogP contribution in [0.4, 0.5) is 0 Å². The van der Waals surface area contributed by atoms with Crippen molar-refractivity contribution < 1.29 is 5.11 Å². The van der Waals surface area contributed by atoms with Gasteiger partial charge in [-0.2, -0.15) is 0 Å². The standard InChI is InChI=1S/C8H8N2O2/c1-10-8(12)6-3-2-5(11)4-7(6)9-10/h2-4,9,11H,1H3. The quantitative estimate of drug-likeness (QED) is 0.598. The Balaban J connectivity index is 2.97. The second-order valence-electron chi connectivity index (χ2n) is 2.71. The number of phenolic OH excluding ortho intramolecular Hbond substituents is 1. The van der Waals surface area contributed by atoms with E-state index in [1.165, 1.54) is 16.8 Å². The number of aryl methyl sites for hydroxylation is 1. The van der Waals surface area contributed by atoms with Crippen LogP contribution in [0.5, 0.6) is 5.75 Å². The average molecular weight is 164 g/mol. The van der Waals surface area contributed by atoms with E-state index < -0.39 is 0 Å². The van der Waals surface area contributed by atoms with Crippen LogP contribution >= 0.6 is 0 Å². The summed E-state index contributed by atoms with van der Waals surface area (Å²) in [5.41, 5.74) is 0.576. The van der Waals surface area contributed by atoms with Gasteiger partial charge in [-0.1, -0.05) is 0 Å². The van der Waals surface area contributed by atoms with E-state index in [2.05, 4.69) is 5.10 Å². The minimum absolute atomic E-state index is 0.0787. The third-order valence-electron chi connectivity index (χ3n) is 1.83. The van der Waals surface area contributed by atoms with Gasteiger partial charge in [0, 0.05) is 13.1 Å². The number of H-pyrrole nitrogens is 1. The van der Waals surface area contributed by atoms with Crippen LogP contribution in [0.2, 0.25) is 0 Å². The van der Waals surface area contributed by atoms with Gasteiger partial charge in [0.1, 0.15) is 5.75 Å². The number of hydrogen-bond donors (Lipinski definition) is 2. The summed E-state index contributed by atoms with van der Waals surface area (Å²) in [4.78, 5) is 11.3. The molecule has 0 aliphatic heterocycles. The molecule has 2 N–H and O–H groups in total. The molecule has 0 radical (unpaired) electrons. The van der Waals surface area contributed by atoms with Crippen molar-refractivity contribution in [1.29, 1.82) is 0 Å². The number of rotatable bonds is 0. The fourth-order valence-electron chi connectivity index (χ4n) is 1.22. The second-order valence-corrected chi connectivity index (χ2v) is 2.71. The second kappa shape index (κ2) is 2.14. The summed E-state index contributed by atoms with van der Waals surface area (Å²) in [6, 6.07) is 4.62. The number of aromatic amines is 1. The first kappa shape index (κ1) is 6.97. The van der Waals surface area contributed by atoms with E-state index in [9.17, 15) is 4.79 Å². The van der Waals surface area contributed by atoms with Crippen LogP contribution in [0, 0.1) is 0 Å². The maximum absolute atomic E-state index is 11.3. The van der Waals surface area contributed by atoms with Gasteiger partial charge in [0.2, 0.25) is 0 Å². The fourth-order valence-corrected chi connectivity index (χ4v) is 1.22. The minimum Gasteiger partial charge on any atom is -0.508 e. The Morgan fingerprint density at radius 2 is 2.25 bits per heavy atom. The molecule has 1 heterocycles. The molecule has 0 saturated heterocycles. The predicted molar refractivity (Wildman–Crippen MR) is 45.2 cm³/mol. The number of nitrogens with zero attached hydrogens (tertiary/aromatic N) is 1. The van der Waals surface area contributed by atoms with Crippen LogP contribution < -0.4 is 5.56 Å². The Morgan fingerprint density at radius 3 is 3.00 bits per heavy atom. The first-order valence-corrected chi connectivity index (χ1v) is 3.56. The third-order valence-corrected chi connectivity index (χ3v) is 1.83. The topological polar surface area (TPSA) is 58.0 Å². The summed E-state index contributed by atoms with van der Waals surface area (Å²) >= 11 is 0. The van der Waals surface area contributed by atoms with Gasteiger partial charge in [-0.15, -0.1) is 0 Å². The molecular formula is C8H8N2O2. The van der Waals surface area contributed by atoms with Gasteiger partial charge in [0.05, 0.1) is 10.9 Å². The third kappa shape index (κ3) is 0.812. The van der Waals surface area contributed by atoms with Crippen LogP contribution in [-0.2, 0) is 7.05 Å². The van der Waals surface area contributed by atoms with Crippen molar-refractivity contribution in [2.24, 2.45) is 7.05 Å². The predicted octanol–water partition coefficient (Wildman–Crippen LogP) is 0.572. The summed E-state index contributed by atoms with van der Waals surface area (Å²) in [7, 11) is 1.64. The summed E-state index contributed by atoms with van der Waals surface area (Å²) < 4.78 is 1.38. The van der Waals surface area contributed by atoms with E-state index >= 15 is 0 Å². The van der Waals surface area contributed by atoms with Gasteiger partial charge in [-0.3, -0.25) is 14.6 Å². The normalized spacial score (nSPS) is 10.8. The van der Waals surface area contributed by atoms with Gasteiger partial charge in [0.25, 0.3) is 5.56 Å². The van der Waals surface area contributed by atoms with Gasteiger partial charge < -0.3 is 5.11 Å². The molecule has 0 aliphatic rings. The smallest absolute Gasteiger partial charge is 0.274 e. The molecule has 0 atom stereocenters. The van der Waals surface area contributed by atoms with Gasteiger partial charge in [0.15, 0.2) is 0 Å². The molecule has 2 rings (SSSR count). The van der Waals surface area contributed by atoms with E-state index in [0.29, 0.717) is 10.9 Å². The highest BCUT2D eigenvalue weighted by Gasteiger charge is 2.02. The molecule has 4 nitrogen and oxygen atoms in total. The highest BCUT2D eigenvalue weighted by atomic mass is 16.3. The Labute approximate surface area is 68.0 Å². The number of fused-ring (bicyclic) bond motifs is 1. The average Bonchev–Trinajstić information content (AvgIpc) is 2.28. The zero-order valence-corrected chi connectivity index (χ0v) is 6.53. The molecule has 1 aromatic carbocycles. The Hall–Kier alpha value is -1.71. The first-order chi connectivity index (χ1) is 5.68. The zero-order valence-electron chi connectivity index (χ0n) is 6.53. The minimum atomic E-state index is -0.0787. The van der Waals surface area contributed by atoms with Gasteiger partial charge in [-0.05, 0) is 12.1 Å². The molecule has 0 fully saturated rings. The number of phenols is 1. The van der Waals surface area contributed by atoms with E-state index in [0.717, 1.165) is 0 Å². The lowest BCUT2D eigenvalue weighted by molar-refractivity contribution is 0.476. The van der Waals surface area contributed by atoms with Crippen LogP contribution in [0.15, 0.2) is 23.0 Å². The maximum Gasteiger partial charge on any atom is 0.274 e. The van der Waals surface area contributed by atoms with E-state index in [-0.39, 0.29) is 11.3 Å². The highest BCUT2D eigenvalue weighted by Crippen LogP contribution is 2.14. The molecule has 0 unspecified atom stereocenters. The molecular weight excluding hydrogens is 156 g/mol. The molecule has 0 bridgehead atoms. The van der Waals surface area contributed by atoms with Crippen molar-refractivity contribution in [3.05, 3.63) is 28.6 Å². The summed E-state index contributed by atoms with van der Waals surface area (Å²) in [5.74, 6) is 0.157. The molecule has 62 valence electrons. The van der Waals surface area contributed by atoms with Crippen molar-refractivity contribution in [2.75, 3.05) is 0 Å². The lowest BCUT2D eigenvalue weighted by Crippen LogP contribution is -2.10. The van der Waals surface area contributed by atoms with E-state index in [4.69, 9.17) is 5.11 Å². The lowest BCUT2D eigenvalue weighted by atomic mass is 10.2. The highest BCUT2D eigenvalue weighted by molar-refractivity contribution is 5.79. The monoisotopic (exact) mass is 164 g/mol. The summed E-state index contributed by atoms with van der Waals surface area (Å²) in [6.07, 6.45) is 0. The number of aromatic nitrogens is 2. The van der Waals surface area contributed by atoms with Crippen LogP contribution in [0.1, 0.15) is 0 Å². The first-order valence-electron chi connectivity index (χ1n) is 3.56. The van der Waals surface area contributed by atoms with E-state index in [1.54, 1.807) is 13.1 Å². The molecule has 0 saturated carbocycles. The Bertz CT molecular complexity index is 481. The molecule has 0 amide bonds. The molecule has 12 heavy (non-hydrogen) atoms. The number of benzene rings is 1. The van der Waals surface area contributed by atoms with Crippen LogP contribution in [-0.4, -0.2) is 14.9 Å². The fraction of sp³-hybridized carbons (Fsp3) is 0.125. The Morgan fingerprint density at radius 1 is 1.50 bits per heavy atom. The summed E-state index contributed by atoms with van der Waals surface area (Å²) in [6.45, 7) is 0. The Kier molecular flexibility index (Phi) is 1.24. The van der Waals surface area contributed by atoms with Crippen LogP contribution in [0.25, 0.3) is 10.9 Å². The zero-order chi connectivity index (χ0) is 8.72. The van der Waals surface area contributed by atoms with Crippen molar-refractivity contribution in [2.45, 2.75) is 0 Å². The van der Waals surface area contributed by atoms with Crippen molar-refractivity contribution in [3.63, 3.8) is 0 Å². The van der Waals surface area contributed by atoms with E-state index in [1.807, 2.05) is 0 Å². The number of nitrogens with one attached hydrogen (secondary N) is 1. The van der Waals surface area contributed by atoms with Crippen molar-refractivity contribution in [3.8, 4) is 5.75 Å². The summed E-state index contributed by atoms with van der Waals surface area (Å²) in [5, 5.41) is 12.5.